The van der Waals surface area contributed by atoms with Crippen molar-refractivity contribution in [2.24, 2.45) is 11.8 Å². The Morgan fingerprint density at radius 2 is 1.81 bits per heavy atom. The number of carboxylic acid groups (broad SMARTS) is 1. The average molecular weight is 296 g/mol. The summed E-state index contributed by atoms with van der Waals surface area (Å²) in [4.78, 5) is 34.2. The highest BCUT2D eigenvalue weighted by atomic mass is 16.4. The number of aliphatic carboxylic acids is 1. The molecule has 0 aromatic rings. The minimum Gasteiger partial charge on any atom is -0.481 e. The minimum absolute atomic E-state index is 0.250. The average Bonchev–Trinajstić information content (AvgIpc) is 2.44. The molecule has 0 aromatic carbocycles. The summed E-state index contributed by atoms with van der Waals surface area (Å²) in [7, 11) is 0. The lowest BCUT2D eigenvalue weighted by Crippen LogP contribution is -2.55. The molecule has 6 heteroatoms. The van der Waals surface area contributed by atoms with E-state index in [1.165, 1.54) is 0 Å². The van der Waals surface area contributed by atoms with Gasteiger partial charge in [0.1, 0.15) is 5.54 Å². The van der Waals surface area contributed by atoms with Crippen LogP contribution in [0.3, 0.4) is 0 Å². The maximum Gasteiger partial charge on any atom is 0.306 e. The van der Waals surface area contributed by atoms with Crippen LogP contribution in [-0.2, 0) is 14.4 Å². The van der Waals surface area contributed by atoms with Crippen LogP contribution in [0.2, 0.25) is 0 Å². The Morgan fingerprint density at radius 1 is 1.24 bits per heavy atom. The van der Waals surface area contributed by atoms with Gasteiger partial charge in [0.15, 0.2) is 0 Å². The quantitative estimate of drug-likeness (QED) is 0.639. The Hall–Kier alpha value is -1.85. The first kappa shape index (κ1) is 17.2. The van der Waals surface area contributed by atoms with Gasteiger partial charge in [-0.05, 0) is 51.5 Å². The number of carbonyl (C=O) groups is 3. The fourth-order valence-electron chi connectivity index (χ4n) is 2.49. The van der Waals surface area contributed by atoms with Crippen molar-refractivity contribution in [1.82, 2.24) is 10.6 Å². The van der Waals surface area contributed by atoms with Crippen LogP contribution in [0.5, 0.6) is 0 Å². The first-order valence-electron chi connectivity index (χ1n) is 7.22. The van der Waals surface area contributed by atoms with Crippen LogP contribution in [0.4, 0.5) is 0 Å². The van der Waals surface area contributed by atoms with E-state index in [0.29, 0.717) is 25.3 Å². The number of hydrogen-bond acceptors (Lipinski definition) is 3. The van der Waals surface area contributed by atoms with Crippen LogP contribution in [0.15, 0.2) is 12.7 Å². The first-order valence-corrected chi connectivity index (χ1v) is 7.22. The van der Waals surface area contributed by atoms with E-state index in [1.54, 1.807) is 13.8 Å². The van der Waals surface area contributed by atoms with Gasteiger partial charge in [0.05, 0.1) is 5.92 Å². The summed E-state index contributed by atoms with van der Waals surface area (Å²) in [6.07, 6.45) is 4.05. The van der Waals surface area contributed by atoms with Gasteiger partial charge >= 0.3 is 5.97 Å². The minimum atomic E-state index is -0.996. The summed E-state index contributed by atoms with van der Waals surface area (Å²) in [5.74, 6) is -1.32. The summed E-state index contributed by atoms with van der Waals surface area (Å²) in [6, 6.07) is 0. The molecular formula is C15H24N2O4. The second-order valence-electron chi connectivity index (χ2n) is 6.08. The molecule has 0 aliphatic heterocycles. The number of carboxylic acids is 1. The van der Waals surface area contributed by atoms with E-state index in [1.807, 2.05) is 0 Å². The molecule has 1 fully saturated rings. The smallest absolute Gasteiger partial charge is 0.306 e. The van der Waals surface area contributed by atoms with Crippen molar-refractivity contribution in [1.29, 1.82) is 0 Å². The molecule has 2 amide bonds. The number of hydrogen-bond donors (Lipinski definition) is 3. The SMILES string of the molecule is C=CC(=O)NC(C)(C)C(=O)NCC1CCC(C(=O)O)CC1. The molecule has 1 aliphatic carbocycles. The molecule has 3 N–H and O–H groups in total. The summed E-state index contributed by atoms with van der Waals surface area (Å²) < 4.78 is 0. The van der Waals surface area contributed by atoms with Gasteiger partial charge < -0.3 is 15.7 Å². The van der Waals surface area contributed by atoms with Gasteiger partial charge in [0, 0.05) is 6.54 Å². The molecule has 1 rings (SSSR count). The van der Waals surface area contributed by atoms with E-state index in [-0.39, 0.29) is 11.8 Å². The molecule has 0 radical (unpaired) electrons. The van der Waals surface area contributed by atoms with Gasteiger partial charge in [-0.15, -0.1) is 0 Å². The number of rotatable bonds is 6. The lowest BCUT2D eigenvalue weighted by molar-refractivity contribution is -0.143. The number of nitrogens with one attached hydrogen (secondary N) is 2. The summed E-state index contributed by atoms with van der Waals surface area (Å²) in [6.45, 7) is 7.13. The van der Waals surface area contributed by atoms with Crippen molar-refractivity contribution in [3.05, 3.63) is 12.7 Å². The molecule has 0 saturated heterocycles. The Bertz CT molecular complexity index is 423. The third-order valence-electron chi connectivity index (χ3n) is 3.94. The highest BCUT2D eigenvalue weighted by molar-refractivity contribution is 5.94. The third kappa shape index (κ3) is 5.21. The Labute approximate surface area is 125 Å². The molecule has 0 aromatic heterocycles. The maximum absolute atomic E-state index is 12.1. The summed E-state index contributed by atoms with van der Waals surface area (Å²) in [5, 5.41) is 14.3. The lowest BCUT2D eigenvalue weighted by atomic mass is 9.82. The van der Waals surface area contributed by atoms with Gasteiger partial charge in [0.25, 0.3) is 0 Å². The molecule has 0 spiro atoms. The van der Waals surface area contributed by atoms with E-state index < -0.39 is 17.4 Å². The van der Waals surface area contributed by atoms with Gasteiger partial charge in [0.2, 0.25) is 11.8 Å². The predicted molar refractivity (Wildman–Crippen MR) is 78.5 cm³/mol. The van der Waals surface area contributed by atoms with Crippen molar-refractivity contribution in [2.75, 3.05) is 6.54 Å². The molecule has 6 nitrogen and oxygen atoms in total. The normalized spacial score (nSPS) is 22.2. The second-order valence-corrected chi connectivity index (χ2v) is 6.08. The van der Waals surface area contributed by atoms with Crippen molar-refractivity contribution in [3.63, 3.8) is 0 Å². The van der Waals surface area contributed by atoms with Crippen molar-refractivity contribution in [2.45, 2.75) is 45.1 Å². The van der Waals surface area contributed by atoms with E-state index in [9.17, 15) is 14.4 Å². The maximum atomic E-state index is 12.1. The third-order valence-corrected chi connectivity index (χ3v) is 3.94. The largest absolute Gasteiger partial charge is 0.481 e. The van der Waals surface area contributed by atoms with Crippen molar-refractivity contribution < 1.29 is 19.5 Å². The fourth-order valence-corrected chi connectivity index (χ4v) is 2.49. The molecule has 0 bridgehead atoms. The van der Waals surface area contributed by atoms with Gasteiger partial charge in [-0.3, -0.25) is 14.4 Å². The molecule has 0 unspecified atom stereocenters. The molecule has 118 valence electrons. The Kier molecular flexibility index (Phi) is 5.93. The Morgan fingerprint density at radius 3 is 2.29 bits per heavy atom. The monoisotopic (exact) mass is 296 g/mol. The number of carbonyl (C=O) groups excluding carboxylic acids is 2. The predicted octanol–water partition coefficient (Wildman–Crippen LogP) is 1.07. The van der Waals surface area contributed by atoms with Crippen molar-refractivity contribution in [3.8, 4) is 0 Å². The summed E-state index contributed by atoms with van der Waals surface area (Å²) in [5.41, 5.74) is -0.996. The summed E-state index contributed by atoms with van der Waals surface area (Å²) >= 11 is 0. The molecule has 0 heterocycles. The zero-order valence-electron chi connectivity index (χ0n) is 12.6. The zero-order valence-corrected chi connectivity index (χ0v) is 12.6. The fraction of sp³-hybridized carbons (Fsp3) is 0.667. The van der Waals surface area contributed by atoms with Crippen LogP contribution in [0, 0.1) is 11.8 Å². The van der Waals surface area contributed by atoms with Crippen LogP contribution in [-0.4, -0.2) is 35.0 Å². The zero-order chi connectivity index (χ0) is 16.0. The molecule has 1 saturated carbocycles. The van der Waals surface area contributed by atoms with Crippen LogP contribution < -0.4 is 10.6 Å². The molecule has 0 atom stereocenters. The second kappa shape index (κ2) is 7.24. The molecule has 21 heavy (non-hydrogen) atoms. The first-order chi connectivity index (χ1) is 9.76. The molecular weight excluding hydrogens is 272 g/mol. The molecule has 1 aliphatic rings. The topological polar surface area (TPSA) is 95.5 Å². The van der Waals surface area contributed by atoms with Gasteiger partial charge in [-0.1, -0.05) is 6.58 Å². The van der Waals surface area contributed by atoms with E-state index in [0.717, 1.165) is 18.9 Å². The highest BCUT2D eigenvalue weighted by Crippen LogP contribution is 2.28. The number of amides is 2. The van der Waals surface area contributed by atoms with Gasteiger partial charge in [-0.2, -0.15) is 0 Å². The van der Waals surface area contributed by atoms with E-state index in [2.05, 4.69) is 17.2 Å². The van der Waals surface area contributed by atoms with Crippen LogP contribution in [0.25, 0.3) is 0 Å². The lowest BCUT2D eigenvalue weighted by Gasteiger charge is -2.29. The van der Waals surface area contributed by atoms with Crippen molar-refractivity contribution >= 4 is 17.8 Å². The van der Waals surface area contributed by atoms with Crippen LogP contribution in [0.1, 0.15) is 39.5 Å². The highest BCUT2D eigenvalue weighted by Gasteiger charge is 2.30. The Balaban J connectivity index is 2.38. The van der Waals surface area contributed by atoms with E-state index in [4.69, 9.17) is 5.11 Å². The van der Waals surface area contributed by atoms with Gasteiger partial charge in [-0.25, -0.2) is 0 Å². The van der Waals surface area contributed by atoms with Crippen LogP contribution >= 0.6 is 0 Å². The standard InChI is InChI=1S/C15H24N2O4/c1-4-12(18)17-15(2,3)14(21)16-9-10-5-7-11(8-6-10)13(19)20/h4,10-11H,1,5-9H2,2-3H3,(H,16,21)(H,17,18)(H,19,20). The van der Waals surface area contributed by atoms with E-state index >= 15 is 0 Å².